The van der Waals surface area contributed by atoms with Crippen molar-refractivity contribution < 1.29 is 8.42 Å². The van der Waals surface area contributed by atoms with Gasteiger partial charge < -0.3 is 0 Å². The molecular formula is C14H24N2O2S. The largest absolute Gasteiger partial charge is 0.279 e. The maximum Gasteiger partial charge on any atom is 0.279 e. The van der Waals surface area contributed by atoms with Gasteiger partial charge in [0.05, 0.1) is 0 Å². The zero-order chi connectivity index (χ0) is 14.5. The second kappa shape index (κ2) is 7.03. The second-order valence-corrected chi connectivity index (χ2v) is 6.79. The lowest BCUT2D eigenvalue weighted by Gasteiger charge is -2.23. The summed E-state index contributed by atoms with van der Waals surface area (Å²) in [6, 6.07) is 9.95. The summed E-state index contributed by atoms with van der Waals surface area (Å²) >= 11 is 0. The van der Waals surface area contributed by atoms with Gasteiger partial charge >= 0.3 is 0 Å². The molecule has 0 spiro atoms. The fourth-order valence-electron chi connectivity index (χ4n) is 1.81. The lowest BCUT2D eigenvalue weighted by molar-refractivity contribution is 0.400. The van der Waals surface area contributed by atoms with Crippen LogP contribution in [0.25, 0.3) is 0 Å². The molecule has 0 aromatic heterocycles. The molecule has 0 unspecified atom stereocenters. The summed E-state index contributed by atoms with van der Waals surface area (Å²) in [6.07, 6.45) is 0.901. The van der Waals surface area contributed by atoms with Gasteiger partial charge in [-0.05, 0) is 31.7 Å². The average molecular weight is 284 g/mol. The Morgan fingerprint density at radius 3 is 2.26 bits per heavy atom. The Hall–Kier alpha value is -0.910. The van der Waals surface area contributed by atoms with E-state index in [0.29, 0.717) is 6.54 Å². The van der Waals surface area contributed by atoms with E-state index in [0.717, 1.165) is 6.42 Å². The number of rotatable bonds is 7. The molecule has 0 aliphatic carbocycles. The first kappa shape index (κ1) is 16.1. The summed E-state index contributed by atoms with van der Waals surface area (Å²) in [5.74, 6) is 0.205. The fraction of sp³-hybridized carbons (Fsp3) is 0.571. The molecule has 1 aromatic rings. The molecule has 0 fully saturated rings. The van der Waals surface area contributed by atoms with Crippen molar-refractivity contribution in [1.29, 1.82) is 0 Å². The maximum absolute atomic E-state index is 12.0. The molecule has 0 aliphatic rings. The van der Waals surface area contributed by atoms with Gasteiger partial charge in [-0.2, -0.15) is 12.7 Å². The monoisotopic (exact) mass is 284 g/mol. The van der Waals surface area contributed by atoms with Gasteiger partial charge in [-0.3, -0.25) is 0 Å². The van der Waals surface area contributed by atoms with Crippen LogP contribution >= 0.6 is 0 Å². The Balaban J connectivity index is 2.69. The summed E-state index contributed by atoms with van der Waals surface area (Å²) < 4.78 is 28.1. The highest BCUT2D eigenvalue weighted by molar-refractivity contribution is 7.87. The minimum absolute atomic E-state index is 0.0469. The van der Waals surface area contributed by atoms with Gasteiger partial charge in [-0.25, -0.2) is 4.72 Å². The molecule has 0 saturated heterocycles. The molecule has 1 atom stereocenters. The third-order valence-corrected chi connectivity index (χ3v) is 5.09. The van der Waals surface area contributed by atoms with Crippen molar-refractivity contribution in [2.75, 3.05) is 13.6 Å². The van der Waals surface area contributed by atoms with Gasteiger partial charge in [-0.1, -0.05) is 37.3 Å². The molecule has 0 aliphatic heterocycles. The van der Waals surface area contributed by atoms with Crippen LogP contribution in [0.4, 0.5) is 0 Å². The molecule has 1 rings (SSSR count). The van der Waals surface area contributed by atoms with Crippen LogP contribution in [0.1, 0.15) is 38.7 Å². The predicted molar refractivity (Wildman–Crippen MR) is 79.3 cm³/mol. The SMILES string of the molecule is CC[C@H](CNS(=O)(=O)N(C)C(C)C)c1ccccc1. The topological polar surface area (TPSA) is 49.4 Å². The first-order valence-electron chi connectivity index (χ1n) is 6.66. The normalized spacial score (nSPS) is 14.0. The molecule has 108 valence electrons. The van der Waals surface area contributed by atoms with Crippen LogP contribution < -0.4 is 4.72 Å². The van der Waals surface area contributed by atoms with Crippen LogP contribution in [0, 0.1) is 0 Å². The van der Waals surface area contributed by atoms with Crippen molar-refractivity contribution in [2.24, 2.45) is 0 Å². The molecule has 0 saturated carbocycles. The highest BCUT2D eigenvalue weighted by atomic mass is 32.2. The quantitative estimate of drug-likeness (QED) is 0.835. The molecule has 19 heavy (non-hydrogen) atoms. The van der Waals surface area contributed by atoms with Crippen molar-refractivity contribution in [1.82, 2.24) is 9.03 Å². The smallest absolute Gasteiger partial charge is 0.202 e. The summed E-state index contributed by atoms with van der Waals surface area (Å²) in [4.78, 5) is 0. The van der Waals surface area contributed by atoms with Crippen molar-refractivity contribution >= 4 is 10.2 Å². The van der Waals surface area contributed by atoms with Gasteiger partial charge in [0.15, 0.2) is 0 Å². The van der Waals surface area contributed by atoms with Crippen molar-refractivity contribution in [2.45, 2.75) is 39.2 Å². The number of nitrogens with one attached hydrogen (secondary N) is 1. The number of benzene rings is 1. The molecule has 4 nitrogen and oxygen atoms in total. The van der Waals surface area contributed by atoms with Crippen LogP contribution in [0.3, 0.4) is 0 Å². The number of hydrogen-bond acceptors (Lipinski definition) is 2. The van der Waals surface area contributed by atoms with Gasteiger partial charge in [0.2, 0.25) is 0 Å². The number of nitrogens with zero attached hydrogens (tertiary/aromatic N) is 1. The first-order chi connectivity index (χ1) is 8.88. The Morgan fingerprint density at radius 2 is 1.79 bits per heavy atom. The summed E-state index contributed by atoms with van der Waals surface area (Å²) in [5, 5.41) is 0. The van der Waals surface area contributed by atoms with E-state index in [4.69, 9.17) is 0 Å². The maximum atomic E-state index is 12.0. The Labute approximate surface area is 117 Å². The van der Waals surface area contributed by atoms with Crippen LogP contribution in [-0.2, 0) is 10.2 Å². The molecule has 0 radical (unpaired) electrons. The zero-order valence-electron chi connectivity index (χ0n) is 12.1. The molecule has 5 heteroatoms. The Kier molecular flexibility index (Phi) is 5.97. The summed E-state index contributed by atoms with van der Waals surface area (Å²) in [6.45, 7) is 6.21. The van der Waals surface area contributed by atoms with E-state index in [1.54, 1.807) is 7.05 Å². The predicted octanol–water partition coefficient (Wildman–Crippen LogP) is 2.35. The lowest BCUT2D eigenvalue weighted by Crippen LogP contribution is -2.43. The van der Waals surface area contributed by atoms with Gasteiger partial charge in [-0.15, -0.1) is 0 Å². The highest BCUT2D eigenvalue weighted by Crippen LogP contribution is 2.18. The summed E-state index contributed by atoms with van der Waals surface area (Å²) in [5.41, 5.74) is 1.17. The molecule has 1 aromatic carbocycles. The minimum Gasteiger partial charge on any atom is -0.202 e. The van der Waals surface area contributed by atoms with Crippen LogP contribution in [0.5, 0.6) is 0 Å². The lowest BCUT2D eigenvalue weighted by atomic mass is 9.97. The van der Waals surface area contributed by atoms with E-state index in [2.05, 4.69) is 11.6 Å². The second-order valence-electron chi connectivity index (χ2n) is 4.98. The van der Waals surface area contributed by atoms with E-state index < -0.39 is 10.2 Å². The Bertz CT molecular complexity index is 471. The zero-order valence-corrected chi connectivity index (χ0v) is 12.9. The third-order valence-electron chi connectivity index (χ3n) is 3.38. The van der Waals surface area contributed by atoms with E-state index in [1.807, 2.05) is 44.2 Å². The summed E-state index contributed by atoms with van der Waals surface area (Å²) in [7, 11) is -1.80. The first-order valence-corrected chi connectivity index (χ1v) is 8.10. The number of hydrogen-bond donors (Lipinski definition) is 1. The van der Waals surface area contributed by atoms with Crippen molar-refractivity contribution in [3.8, 4) is 0 Å². The van der Waals surface area contributed by atoms with Crippen molar-refractivity contribution in [3.05, 3.63) is 35.9 Å². The van der Waals surface area contributed by atoms with Crippen LogP contribution in [0.15, 0.2) is 30.3 Å². The average Bonchev–Trinajstić information content (AvgIpc) is 2.39. The standard InChI is InChI=1S/C14H24N2O2S/c1-5-13(14-9-7-6-8-10-14)11-15-19(17,18)16(4)12(2)3/h6-10,12-13,15H,5,11H2,1-4H3/t13-/m1/s1. The molecule has 1 N–H and O–H groups in total. The fourth-order valence-corrected chi connectivity index (χ4v) is 2.98. The third kappa shape index (κ3) is 4.60. The molecule has 0 amide bonds. The molecule has 0 bridgehead atoms. The van der Waals surface area contributed by atoms with Gasteiger partial charge in [0, 0.05) is 19.6 Å². The van der Waals surface area contributed by atoms with Crippen LogP contribution in [-0.4, -0.2) is 32.4 Å². The van der Waals surface area contributed by atoms with E-state index in [1.165, 1.54) is 9.87 Å². The van der Waals surface area contributed by atoms with E-state index in [-0.39, 0.29) is 12.0 Å². The Morgan fingerprint density at radius 1 is 1.21 bits per heavy atom. The van der Waals surface area contributed by atoms with Gasteiger partial charge in [0.1, 0.15) is 0 Å². The van der Waals surface area contributed by atoms with Gasteiger partial charge in [0.25, 0.3) is 10.2 Å². The van der Waals surface area contributed by atoms with E-state index in [9.17, 15) is 8.42 Å². The minimum atomic E-state index is -3.39. The highest BCUT2D eigenvalue weighted by Gasteiger charge is 2.21. The molecule has 0 heterocycles. The van der Waals surface area contributed by atoms with Crippen molar-refractivity contribution in [3.63, 3.8) is 0 Å². The van der Waals surface area contributed by atoms with Crippen LogP contribution in [0.2, 0.25) is 0 Å². The molecular weight excluding hydrogens is 260 g/mol. The van der Waals surface area contributed by atoms with E-state index >= 15 is 0 Å².